The summed E-state index contributed by atoms with van der Waals surface area (Å²) in [5.74, 6) is 0.939. The molecule has 106 valence electrons. The van der Waals surface area contributed by atoms with Gasteiger partial charge in [0, 0.05) is 13.6 Å². The van der Waals surface area contributed by atoms with Gasteiger partial charge in [0.15, 0.2) is 0 Å². The van der Waals surface area contributed by atoms with E-state index in [2.05, 4.69) is 46.7 Å². The first-order valence-electron chi connectivity index (χ1n) is 7.02. The largest absolute Gasteiger partial charge is 0.372 e. The Labute approximate surface area is 119 Å². The molecule has 1 aromatic heterocycles. The van der Waals surface area contributed by atoms with Crippen LogP contribution < -0.4 is 5.32 Å². The Morgan fingerprint density at radius 3 is 3.10 bits per heavy atom. The van der Waals surface area contributed by atoms with Crippen LogP contribution in [0.25, 0.3) is 0 Å². The lowest BCUT2D eigenvalue weighted by Crippen LogP contribution is -2.30. The Balaban J connectivity index is 1.66. The zero-order valence-corrected chi connectivity index (χ0v) is 11.9. The molecule has 1 aliphatic heterocycles. The number of hydrogen-bond acceptors (Lipinski definition) is 4. The molecule has 0 fully saturated rings. The lowest BCUT2D eigenvalue weighted by molar-refractivity contribution is 0.0407. The maximum Gasteiger partial charge on any atom is 0.149 e. The van der Waals surface area contributed by atoms with Gasteiger partial charge in [0.05, 0.1) is 18.8 Å². The van der Waals surface area contributed by atoms with E-state index in [-0.39, 0.29) is 12.1 Å². The molecule has 0 spiro atoms. The summed E-state index contributed by atoms with van der Waals surface area (Å²) in [7, 11) is 1.96. The fourth-order valence-corrected chi connectivity index (χ4v) is 2.71. The molecular formula is C15H20N4O. The molecule has 1 N–H and O–H groups in total. The van der Waals surface area contributed by atoms with E-state index in [0.29, 0.717) is 0 Å². The van der Waals surface area contributed by atoms with Gasteiger partial charge < -0.3 is 14.6 Å². The summed E-state index contributed by atoms with van der Waals surface area (Å²) in [6, 6.07) is 8.67. The highest BCUT2D eigenvalue weighted by molar-refractivity contribution is 5.31. The first-order chi connectivity index (χ1) is 9.75. The summed E-state index contributed by atoms with van der Waals surface area (Å²) in [5, 5.41) is 11.5. The average molecular weight is 272 g/mol. The highest BCUT2D eigenvalue weighted by atomic mass is 16.5. The smallest absolute Gasteiger partial charge is 0.149 e. The molecule has 0 amide bonds. The minimum absolute atomic E-state index is 0.121. The van der Waals surface area contributed by atoms with Crippen molar-refractivity contribution in [1.82, 2.24) is 20.1 Å². The number of fused-ring (bicyclic) bond motifs is 1. The third kappa shape index (κ3) is 2.59. The van der Waals surface area contributed by atoms with Gasteiger partial charge in [-0.15, -0.1) is 10.2 Å². The van der Waals surface area contributed by atoms with E-state index in [1.807, 2.05) is 11.6 Å². The Morgan fingerprint density at radius 2 is 2.30 bits per heavy atom. The molecule has 1 aliphatic rings. The second-order valence-electron chi connectivity index (χ2n) is 5.24. The molecule has 3 rings (SSSR count). The molecule has 2 unspecified atom stereocenters. The van der Waals surface area contributed by atoms with Crippen molar-refractivity contribution in [2.24, 2.45) is 7.05 Å². The van der Waals surface area contributed by atoms with Crippen molar-refractivity contribution in [3.8, 4) is 0 Å². The lowest BCUT2D eigenvalue weighted by atomic mass is 9.97. The molecule has 0 saturated heterocycles. The van der Waals surface area contributed by atoms with Gasteiger partial charge in [0.25, 0.3) is 0 Å². The Bertz CT molecular complexity index is 581. The molecule has 2 heterocycles. The number of hydrogen-bond donors (Lipinski definition) is 1. The fraction of sp³-hybridized carbons (Fsp3) is 0.467. The summed E-state index contributed by atoms with van der Waals surface area (Å²) in [4.78, 5) is 0. The minimum Gasteiger partial charge on any atom is -0.372 e. The summed E-state index contributed by atoms with van der Waals surface area (Å²) in [5.41, 5.74) is 2.70. The topological polar surface area (TPSA) is 52.0 Å². The zero-order chi connectivity index (χ0) is 13.9. The van der Waals surface area contributed by atoms with E-state index >= 15 is 0 Å². The van der Waals surface area contributed by atoms with E-state index in [1.54, 1.807) is 6.33 Å². The van der Waals surface area contributed by atoms with Crippen LogP contribution in [0, 0.1) is 0 Å². The summed E-state index contributed by atoms with van der Waals surface area (Å²) >= 11 is 0. The lowest BCUT2D eigenvalue weighted by Gasteiger charge is -2.27. The third-order valence-corrected chi connectivity index (χ3v) is 3.84. The predicted molar refractivity (Wildman–Crippen MR) is 76.3 cm³/mol. The Hall–Kier alpha value is -1.72. The molecule has 0 saturated carbocycles. The van der Waals surface area contributed by atoms with Crippen LogP contribution >= 0.6 is 0 Å². The van der Waals surface area contributed by atoms with Crippen molar-refractivity contribution in [3.05, 3.63) is 47.5 Å². The van der Waals surface area contributed by atoms with E-state index in [1.165, 1.54) is 11.1 Å². The summed E-state index contributed by atoms with van der Waals surface area (Å²) in [6.07, 6.45) is 2.85. The zero-order valence-electron chi connectivity index (χ0n) is 11.9. The standard InChI is InChI=1S/C15H20N4O/c1-11(15-18-17-10-19(15)2)16-9-14-13-6-4-3-5-12(13)7-8-20-14/h3-6,10-11,14,16H,7-9H2,1-2H3. The van der Waals surface area contributed by atoms with Gasteiger partial charge in [-0.25, -0.2) is 0 Å². The van der Waals surface area contributed by atoms with Crippen LogP contribution in [-0.2, 0) is 18.2 Å². The molecule has 5 heteroatoms. The quantitative estimate of drug-likeness (QED) is 0.922. The molecule has 0 aliphatic carbocycles. The molecule has 2 aromatic rings. The summed E-state index contributed by atoms with van der Waals surface area (Å²) in [6.45, 7) is 3.67. The van der Waals surface area contributed by atoms with E-state index in [0.717, 1.165) is 25.4 Å². The first kappa shape index (κ1) is 13.3. The molecule has 5 nitrogen and oxygen atoms in total. The van der Waals surface area contributed by atoms with Crippen LogP contribution in [0.15, 0.2) is 30.6 Å². The van der Waals surface area contributed by atoms with Crippen molar-refractivity contribution in [2.75, 3.05) is 13.2 Å². The third-order valence-electron chi connectivity index (χ3n) is 3.84. The monoisotopic (exact) mass is 272 g/mol. The van der Waals surface area contributed by atoms with Gasteiger partial charge in [-0.1, -0.05) is 24.3 Å². The number of aromatic nitrogens is 3. The van der Waals surface area contributed by atoms with E-state index in [9.17, 15) is 0 Å². The Kier molecular flexibility index (Phi) is 3.80. The highest BCUT2D eigenvalue weighted by Gasteiger charge is 2.21. The van der Waals surface area contributed by atoms with Crippen molar-refractivity contribution in [2.45, 2.75) is 25.5 Å². The number of nitrogens with one attached hydrogen (secondary N) is 1. The maximum absolute atomic E-state index is 5.90. The molecule has 0 bridgehead atoms. The SMILES string of the molecule is CC(NCC1OCCc2ccccc21)c1nncn1C. The second kappa shape index (κ2) is 5.73. The van der Waals surface area contributed by atoms with Gasteiger partial charge in [0.1, 0.15) is 12.2 Å². The van der Waals surface area contributed by atoms with Crippen LogP contribution in [0.2, 0.25) is 0 Å². The molecule has 20 heavy (non-hydrogen) atoms. The second-order valence-corrected chi connectivity index (χ2v) is 5.24. The minimum atomic E-state index is 0.121. The number of aryl methyl sites for hydroxylation is 1. The normalized spacial score (nSPS) is 19.6. The number of benzene rings is 1. The highest BCUT2D eigenvalue weighted by Crippen LogP contribution is 2.26. The van der Waals surface area contributed by atoms with Gasteiger partial charge in [-0.05, 0) is 24.5 Å². The predicted octanol–water partition coefficient (Wildman–Crippen LogP) is 1.78. The van der Waals surface area contributed by atoms with Crippen LogP contribution in [0.1, 0.15) is 36.0 Å². The van der Waals surface area contributed by atoms with Crippen LogP contribution in [0.4, 0.5) is 0 Å². The van der Waals surface area contributed by atoms with E-state index in [4.69, 9.17) is 4.74 Å². The van der Waals surface area contributed by atoms with Gasteiger partial charge >= 0.3 is 0 Å². The number of nitrogens with zero attached hydrogens (tertiary/aromatic N) is 3. The Morgan fingerprint density at radius 1 is 1.45 bits per heavy atom. The van der Waals surface area contributed by atoms with Crippen LogP contribution in [0.5, 0.6) is 0 Å². The number of rotatable bonds is 4. The van der Waals surface area contributed by atoms with Crippen molar-refractivity contribution < 1.29 is 4.74 Å². The fourth-order valence-electron chi connectivity index (χ4n) is 2.71. The van der Waals surface area contributed by atoms with Gasteiger partial charge in [0.2, 0.25) is 0 Å². The van der Waals surface area contributed by atoms with E-state index < -0.39 is 0 Å². The molecular weight excluding hydrogens is 252 g/mol. The molecule has 1 aromatic carbocycles. The van der Waals surface area contributed by atoms with Crippen LogP contribution in [0.3, 0.4) is 0 Å². The van der Waals surface area contributed by atoms with Crippen LogP contribution in [-0.4, -0.2) is 27.9 Å². The average Bonchev–Trinajstić information content (AvgIpc) is 2.91. The van der Waals surface area contributed by atoms with Crippen molar-refractivity contribution >= 4 is 0 Å². The molecule has 0 radical (unpaired) electrons. The number of ether oxygens (including phenoxy) is 1. The van der Waals surface area contributed by atoms with Crippen molar-refractivity contribution in [3.63, 3.8) is 0 Å². The maximum atomic E-state index is 5.90. The summed E-state index contributed by atoms with van der Waals surface area (Å²) < 4.78 is 7.83. The molecule has 2 atom stereocenters. The van der Waals surface area contributed by atoms with Gasteiger partial charge in [-0.2, -0.15) is 0 Å². The van der Waals surface area contributed by atoms with Crippen molar-refractivity contribution in [1.29, 1.82) is 0 Å². The van der Waals surface area contributed by atoms with Gasteiger partial charge in [-0.3, -0.25) is 0 Å². The first-order valence-corrected chi connectivity index (χ1v) is 7.02.